The molecule has 2 aromatic rings. The van der Waals surface area contributed by atoms with Crippen LogP contribution < -0.4 is 0 Å². The van der Waals surface area contributed by atoms with Crippen molar-refractivity contribution in [3.05, 3.63) is 71.3 Å². The summed E-state index contributed by atoms with van der Waals surface area (Å²) in [7, 11) is 1.96. The lowest BCUT2D eigenvalue weighted by atomic mass is 9.81. The Labute approximate surface area is 139 Å². The van der Waals surface area contributed by atoms with Crippen LogP contribution in [-0.2, 0) is 0 Å². The molecule has 1 aliphatic carbocycles. The quantitative estimate of drug-likeness (QED) is 0.798. The fourth-order valence-electron chi connectivity index (χ4n) is 3.69. The van der Waals surface area contributed by atoms with Crippen LogP contribution in [-0.4, -0.2) is 23.9 Å². The van der Waals surface area contributed by atoms with E-state index in [1.54, 1.807) is 0 Å². The summed E-state index contributed by atoms with van der Waals surface area (Å²) < 4.78 is 0. The molecule has 1 aliphatic rings. The van der Waals surface area contributed by atoms with Gasteiger partial charge < -0.3 is 4.90 Å². The van der Waals surface area contributed by atoms with E-state index < -0.39 is 0 Å². The van der Waals surface area contributed by atoms with Gasteiger partial charge in [-0.25, -0.2) is 0 Å². The number of hydrogen-bond acceptors (Lipinski definition) is 1. The molecular weight excluding hydrogens is 282 g/mol. The molecule has 0 aliphatic heterocycles. The molecule has 0 saturated heterocycles. The summed E-state index contributed by atoms with van der Waals surface area (Å²) in [5, 5.41) is 0. The van der Waals surface area contributed by atoms with Gasteiger partial charge in [-0.15, -0.1) is 0 Å². The molecular formula is C21H25NO. The molecule has 0 N–H and O–H groups in total. The van der Waals surface area contributed by atoms with Gasteiger partial charge in [0.2, 0.25) is 0 Å². The van der Waals surface area contributed by atoms with E-state index in [4.69, 9.17) is 0 Å². The van der Waals surface area contributed by atoms with Crippen molar-refractivity contribution in [2.24, 2.45) is 0 Å². The third kappa shape index (κ3) is 3.47. The largest absolute Gasteiger partial charge is 0.339 e. The normalized spacial score (nSPS) is 21.0. The second-order valence-electron chi connectivity index (χ2n) is 6.65. The van der Waals surface area contributed by atoms with E-state index in [1.807, 2.05) is 43.1 Å². The number of hydrogen-bond donors (Lipinski definition) is 0. The zero-order valence-corrected chi connectivity index (χ0v) is 14.0. The van der Waals surface area contributed by atoms with E-state index in [2.05, 4.69) is 30.3 Å². The number of benzene rings is 2. The van der Waals surface area contributed by atoms with Crippen LogP contribution in [0.5, 0.6) is 0 Å². The Balaban J connectivity index is 1.63. The number of amides is 1. The summed E-state index contributed by atoms with van der Waals surface area (Å²) in [6, 6.07) is 19.0. The van der Waals surface area contributed by atoms with Crippen LogP contribution in [0.1, 0.15) is 53.1 Å². The van der Waals surface area contributed by atoms with E-state index in [1.165, 1.54) is 18.4 Å². The first kappa shape index (κ1) is 15.8. The summed E-state index contributed by atoms with van der Waals surface area (Å²) in [5.41, 5.74) is 3.33. The molecule has 1 fully saturated rings. The van der Waals surface area contributed by atoms with Gasteiger partial charge in [0, 0.05) is 18.7 Å². The van der Waals surface area contributed by atoms with Crippen molar-refractivity contribution in [1.82, 2.24) is 4.90 Å². The fraction of sp³-hybridized carbons (Fsp3) is 0.381. The van der Waals surface area contributed by atoms with Crippen molar-refractivity contribution in [3.8, 4) is 0 Å². The average molecular weight is 307 g/mol. The van der Waals surface area contributed by atoms with Crippen LogP contribution in [0.3, 0.4) is 0 Å². The predicted molar refractivity (Wildman–Crippen MR) is 94.7 cm³/mol. The maximum absolute atomic E-state index is 12.7. The van der Waals surface area contributed by atoms with Crippen LogP contribution in [0.25, 0.3) is 0 Å². The van der Waals surface area contributed by atoms with Gasteiger partial charge in [-0.1, -0.05) is 48.5 Å². The molecule has 0 radical (unpaired) electrons. The van der Waals surface area contributed by atoms with Crippen LogP contribution >= 0.6 is 0 Å². The fourth-order valence-corrected chi connectivity index (χ4v) is 3.69. The molecule has 3 rings (SSSR count). The van der Waals surface area contributed by atoms with Crippen molar-refractivity contribution in [1.29, 1.82) is 0 Å². The molecule has 0 aromatic heterocycles. The van der Waals surface area contributed by atoms with E-state index in [0.29, 0.717) is 12.0 Å². The van der Waals surface area contributed by atoms with Crippen molar-refractivity contribution < 1.29 is 4.79 Å². The minimum absolute atomic E-state index is 0.159. The molecule has 0 spiro atoms. The standard InChI is InChI=1S/C21H25NO/c1-16-8-6-7-11-20(16)21(23)22(2)19-14-12-18(13-15-19)17-9-4-3-5-10-17/h3-11,18-19H,12-15H2,1-2H3. The van der Waals surface area contributed by atoms with Crippen LogP contribution in [0.2, 0.25) is 0 Å². The van der Waals surface area contributed by atoms with E-state index in [-0.39, 0.29) is 5.91 Å². The van der Waals surface area contributed by atoms with Gasteiger partial charge in [-0.2, -0.15) is 0 Å². The van der Waals surface area contributed by atoms with Gasteiger partial charge >= 0.3 is 0 Å². The lowest BCUT2D eigenvalue weighted by molar-refractivity contribution is 0.0688. The molecule has 0 bridgehead atoms. The monoisotopic (exact) mass is 307 g/mol. The maximum Gasteiger partial charge on any atom is 0.254 e. The molecule has 1 saturated carbocycles. The molecule has 0 unspecified atom stereocenters. The third-order valence-corrected chi connectivity index (χ3v) is 5.21. The molecule has 0 heterocycles. The highest BCUT2D eigenvalue weighted by atomic mass is 16.2. The first-order valence-electron chi connectivity index (χ1n) is 8.54. The van der Waals surface area contributed by atoms with Crippen LogP contribution in [0.4, 0.5) is 0 Å². The Bertz CT molecular complexity index is 657. The number of carbonyl (C=O) groups is 1. The van der Waals surface area contributed by atoms with Gasteiger partial charge in [0.15, 0.2) is 0 Å². The first-order chi connectivity index (χ1) is 11.2. The molecule has 2 nitrogen and oxygen atoms in total. The highest BCUT2D eigenvalue weighted by Gasteiger charge is 2.28. The second-order valence-corrected chi connectivity index (χ2v) is 6.65. The summed E-state index contributed by atoms with van der Waals surface area (Å²) >= 11 is 0. The lowest BCUT2D eigenvalue weighted by Gasteiger charge is -2.35. The summed E-state index contributed by atoms with van der Waals surface area (Å²) in [6.07, 6.45) is 4.52. The lowest BCUT2D eigenvalue weighted by Crippen LogP contribution is -2.39. The van der Waals surface area contributed by atoms with E-state index in [0.717, 1.165) is 24.0 Å². The van der Waals surface area contributed by atoms with Gasteiger partial charge in [0.05, 0.1) is 0 Å². The molecule has 120 valence electrons. The predicted octanol–water partition coefficient (Wildman–Crippen LogP) is 4.79. The van der Waals surface area contributed by atoms with Gasteiger partial charge in [-0.05, 0) is 55.7 Å². The molecule has 0 atom stereocenters. The SMILES string of the molecule is Cc1ccccc1C(=O)N(C)C1CCC(c2ccccc2)CC1. The number of rotatable bonds is 3. The smallest absolute Gasteiger partial charge is 0.254 e. The molecule has 23 heavy (non-hydrogen) atoms. The number of carbonyl (C=O) groups excluding carboxylic acids is 1. The summed E-state index contributed by atoms with van der Waals surface area (Å²) in [4.78, 5) is 14.7. The highest BCUT2D eigenvalue weighted by Crippen LogP contribution is 2.34. The van der Waals surface area contributed by atoms with E-state index >= 15 is 0 Å². The molecule has 1 amide bonds. The first-order valence-corrected chi connectivity index (χ1v) is 8.54. The second kappa shape index (κ2) is 6.99. The zero-order valence-electron chi connectivity index (χ0n) is 14.0. The Hall–Kier alpha value is -2.09. The van der Waals surface area contributed by atoms with E-state index in [9.17, 15) is 4.79 Å². The molecule has 2 aromatic carbocycles. The van der Waals surface area contributed by atoms with Crippen molar-refractivity contribution in [2.75, 3.05) is 7.05 Å². The Morgan fingerprint density at radius 3 is 2.17 bits per heavy atom. The summed E-state index contributed by atoms with van der Waals surface area (Å²) in [5.74, 6) is 0.806. The number of nitrogens with zero attached hydrogens (tertiary/aromatic N) is 1. The molecule has 2 heteroatoms. The number of aryl methyl sites for hydroxylation is 1. The van der Waals surface area contributed by atoms with Crippen LogP contribution in [0.15, 0.2) is 54.6 Å². The Morgan fingerprint density at radius 2 is 1.52 bits per heavy atom. The van der Waals surface area contributed by atoms with Gasteiger partial charge in [-0.3, -0.25) is 4.79 Å². The topological polar surface area (TPSA) is 20.3 Å². The average Bonchev–Trinajstić information content (AvgIpc) is 2.62. The van der Waals surface area contributed by atoms with Crippen molar-refractivity contribution >= 4 is 5.91 Å². The van der Waals surface area contributed by atoms with Gasteiger partial charge in [0.1, 0.15) is 0 Å². The third-order valence-electron chi connectivity index (χ3n) is 5.21. The van der Waals surface area contributed by atoms with Crippen molar-refractivity contribution in [2.45, 2.75) is 44.6 Å². The Morgan fingerprint density at radius 1 is 0.913 bits per heavy atom. The minimum atomic E-state index is 0.159. The maximum atomic E-state index is 12.7. The van der Waals surface area contributed by atoms with Gasteiger partial charge in [0.25, 0.3) is 5.91 Å². The zero-order chi connectivity index (χ0) is 16.2. The minimum Gasteiger partial charge on any atom is -0.339 e. The Kier molecular flexibility index (Phi) is 4.80. The highest BCUT2D eigenvalue weighted by molar-refractivity contribution is 5.95. The van der Waals surface area contributed by atoms with Crippen molar-refractivity contribution in [3.63, 3.8) is 0 Å². The summed E-state index contributed by atoms with van der Waals surface area (Å²) in [6.45, 7) is 2.01. The van der Waals surface area contributed by atoms with Crippen LogP contribution in [0, 0.1) is 6.92 Å².